The number of nitrogens with one attached hydrogen (secondary N) is 1. The third-order valence-corrected chi connectivity index (χ3v) is 5.04. The second-order valence-corrected chi connectivity index (χ2v) is 6.80. The van der Waals surface area contributed by atoms with Gasteiger partial charge < -0.3 is 9.88 Å². The van der Waals surface area contributed by atoms with Crippen LogP contribution >= 0.6 is 0 Å². The monoisotopic (exact) mass is 376 g/mol. The average Bonchev–Trinajstić information content (AvgIpc) is 2.75. The minimum absolute atomic E-state index is 0.0747. The summed E-state index contributed by atoms with van der Waals surface area (Å²) in [4.78, 5) is 41.0. The number of hydrogen-bond acceptors (Lipinski definition) is 4. The van der Waals surface area contributed by atoms with Gasteiger partial charge in [-0.3, -0.25) is 14.4 Å². The molecule has 0 atom stereocenters. The molecule has 28 heavy (non-hydrogen) atoms. The maximum absolute atomic E-state index is 12.6. The van der Waals surface area contributed by atoms with Gasteiger partial charge in [-0.05, 0) is 31.0 Å². The van der Waals surface area contributed by atoms with Gasteiger partial charge in [0.2, 0.25) is 0 Å². The van der Waals surface area contributed by atoms with Crippen molar-refractivity contribution in [1.82, 2.24) is 19.7 Å². The average molecular weight is 376 g/mol. The first-order chi connectivity index (χ1) is 13.6. The summed E-state index contributed by atoms with van der Waals surface area (Å²) >= 11 is 0. The zero-order valence-corrected chi connectivity index (χ0v) is 15.2. The van der Waals surface area contributed by atoms with Crippen LogP contribution in [0.4, 0.5) is 0 Å². The first kappa shape index (κ1) is 17.9. The third kappa shape index (κ3) is 3.51. The third-order valence-electron chi connectivity index (χ3n) is 5.04. The highest BCUT2D eigenvalue weighted by molar-refractivity contribution is 5.93. The van der Waals surface area contributed by atoms with Crippen molar-refractivity contribution in [2.45, 2.75) is 18.9 Å². The van der Waals surface area contributed by atoms with Crippen LogP contribution in [0.25, 0.3) is 11.3 Å². The van der Waals surface area contributed by atoms with E-state index in [9.17, 15) is 14.4 Å². The molecule has 0 aliphatic carbocycles. The topological polar surface area (TPSA) is 88.1 Å². The summed E-state index contributed by atoms with van der Waals surface area (Å²) in [5.74, 6) is -0.279. The Labute approximate surface area is 161 Å². The summed E-state index contributed by atoms with van der Waals surface area (Å²) in [7, 11) is 0. The van der Waals surface area contributed by atoms with Gasteiger partial charge in [0, 0.05) is 30.9 Å². The highest BCUT2D eigenvalue weighted by Gasteiger charge is 2.27. The number of likely N-dealkylation sites (tertiary alicyclic amines) is 1. The minimum atomic E-state index is -0.386. The van der Waals surface area contributed by atoms with Crippen molar-refractivity contribution < 1.29 is 4.79 Å². The molecule has 0 radical (unpaired) electrons. The second-order valence-electron chi connectivity index (χ2n) is 6.80. The van der Waals surface area contributed by atoms with Gasteiger partial charge in [-0.2, -0.15) is 5.10 Å². The smallest absolute Gasteiger partial charge is 0.267 e. The molecular formula is C21H20N4O3. The molecule has 1 aliphatic heterocycles. The van der Waals surface area contributed by atoms with E-state index < -0.39 is 0 Å². The van der Waals surface area contributed by atoms with Crippen molar-refractivity contribution in [3.63, 3.8) is 0 Å². The number of rotatable bonds is 3. The van der Waals surface area contributed by atoms with Crippen molar-refractivity contribution in [2.24, 2.45) is 0 Å². The molecule has 1 amide bonds. The van der Waals surface area contributed by atoms with Gasteiger partial charge in [-0.25, -0.2) is 4.68 Å². The van der Waals surface area contributed by atoms with Gasteiger partial charge in [0.1, 0.15) is 5.56 Å². The fourth-order valence-corrected chi connectivity index (χ4v) is 3.52. The highest BCUT2D eigenvalue weighted by atomic mass is 16.2. The molecule has 1 aromatic carbocycles. The van der Waals surface area contributed by atoms with Crippen LogP contribution in [0, 0.1) is 0 Å². The number of amides is 1. The van der Waals surface area contributed by atoms with Crippen LogP contribution in [0.1, 0.15) is 29.2 Å². The number of nitrogens with zero attached hydrogens (tertiary/aromatic N) is 3. The van der Waals surface area contributed by atoms with Crippen LogP contribution in [0.2, 0.25) is 0 Å². The lowest BCUT2D eigenvalue weighted by Crippen LogP contribution is -2.42. The van der Waals surface area contributed by atoms with Gasteiger partial charge in [0.15, 0.2) is 0 Å². The largest absolute Gasteiger partial charge is 0.338 e. The molecule has 1 fully saturated rings. The summed E-state index contributed by atoms with van der Waals surface area (Å²) in [6.07, 6.45) is 2.73. The Morgan fingerprint density at radius 3 is 2.43 bits per heavy atom. The Morgan fingerprint density at radius 2 is 1.71 bits per heavy atom. The van der Waals surface area contributed by atoms with E-state index in [4.69, 9.17) is 0 Å². The number of aromatic nitrogens is 3. The fraction of sp³-hybridized carbons (Fsp3) is 0.238. The molecule has 7 nitrogen and oxygen atoms in total. The Balaban J connectivity index is 1.51. The molecule has 7 heteroatoms. The Bertz CT molecular complexity index is 1100. The lowest BCUT2D eigenvalue weighted by molar-refractivity contribution is 0.0686. The van der Waals surface area contributed by atoms with Crippen LogP contribution in [-0.2, 0) is 0 Å². The highest BCUT2D eigenvalue weighted by Crippen LogP contribution is 2.23. The predicted octanol–water partition coefficient (Wildman–Crippen LogP) is 2.08. The van der Waals surface area contributed by atoms with Crippen molar-refractivity contribution in [2.75, 3.05) is 13.1 Å². The SMILES string of the molecule is O=C(c1ccc[nH]c1=O)N1CCC(n2nc(-c3ccccc3)ccc2=O)CC1. The van der Waals surface area contributed by atoms with Crippen LogP contribution in [0.5, 0.6) is 0 Å². The van der Waals surface area contributed by atoms with Crippen molar-refractivity contribution in [1.29, 1.82) is 0 Å². The van der Waals surface area contributed by atoms with E-state index in [1.54, 1.807) is 17.0 Å². The molecule has 3 heterocycles. The van der Waals surface area contributed by atoms with E-state index in [0.29, 0.717) is 25.9 Å². The summed E-state index contributed by atoms with van der Waals surface area (Å²) in [5, 5.41) is 4.55. The lowest BCUT2D eigenvalue weighted by Gasteiger charge is -2.32. The van der Waals surface area contributed by atoms with E-state index >= 15 is 0 Å². The maximum atomic E-state index is 12.6. The van der Waals surface area contributed by atoms with Gasteiger partial charge >= 0.3 is 0 Å². The van der Waals surface area contributed by atoms with E-state index in [-0.39, 0.29) is 28.6 Å². The molecule has 4 rings (SSSR count). The summed E-state index contributed by atoms with van der Waals surface area (Å²) < 4.78 is 1.53. The summed E-state index contributed by atoms with van der Waals surface area (Å²) in [6, 6.07) is 16.1. The second kappa shape index (κ2) is 7.64. The maximum Gasteiger partial charge on any atom is 0.267 e. The molecule has 1 aliphatic rings. The van der Waals surface area contributed by atoms with Crippen LogP contribution in [0.15, 0.2) is 70.4 Å². The fourth-order valence-electron chi connectivity index (χ4n) is 3.52. The number of piperidine rings is 1. The van der Waals surface area contributed by atoms with E-state index in [0.717, 1.165) is 11.3 Å². The molecule has 1 N–H and O–H groups in total. The van der Waals surface area contributed by atoms with Gasteiger partial charge in [0.25, 0.3) is 17.0 Å². The van der Waals surface area contributed by atoms with E-state index in [1.807, 2.05) is 30.3 Å². The summed E-state index contributed by atoms with van der Waals surface area (Å²) in [6.45, 7) is 0.947. The molecule has 2 aromatic heterocycles. The van der Waals surface area contributed by atoms with E-state index in [1.165, 1.54) is 23.0 Å². The molecule has 0 unspecified atom stereocenters. The van der Waals surface area contributed by atoms with Gasteiger partial charge in [0.05, 0.1) is 11.7 Å². The standard InChI is InChI=1S/C21H20N4O3/c26-19-9-8-18(15-5-2-1-3-6-15)23-25(19)16-10-13-24(14-11-16)21(28)17-7-4-12-22-20(17)27/h1-9,12,16H,10-11,13-14H2,(H,22,27). The van der Waals surface area contributed by atoms with Crippen LogP contribution in [0.3, 0.4) is 0 Å². The minimum Gasteiger partial charge on any atom is -0.338 e. The predicted molar refractivity (Wildman–Crippen MR) is 105 cm³/mol. The number of hydrogen-bond donors (Lipinski definition) is 1. The number of benzene rings is 1. The zero-order valence-electron chi connectivity index (χ0n) is 15.2. The normalized spacial score (nSPS) is 14.8. The first-order valence-electron chi connectivity index (χ1n) is 9.26. The van der Waals surface area contributed by atoms with Gasteiger partial charge in [-0.1, -0.05) is 30.3 Å². The number of carbonyl (C=O) groups excluding carboxylic acids is 1. The molecule has 142 valence electrons. The van der Waals surface area contributed by atoms with Gasteiger partial charge in [-0.15, -0.1) is 0 Å². The van der Waals surface area contributed by atoms with Crippen molar-refractivity contribution >= 4 is 5.91 Å². The molecular weight excluding hydrogens is 356 g/mol. The summed E-state index contributed by atoms with van der Waals surface area (Å²) in [5.41, 5.74) is 1.30. The zero-order chi connectivity index (χ0) is 19.5. The molecule has 0 saturated carbocycles. The molecule has 1 saturated heterocycles. The number of H-pyrrole nitrogens is 1. The molecule has 0 spiro atoms. The van der Waals surface area contributed by atoms with Crippen LogP contribution < -0.4 is 11.1 Å². The molecule has 0 bridgehead atoms. The number of pyridine rings is 1. The van der Waals surface area contributed by atoms with Crippen LogP contribution in [-0.4, -0.2) is 38.7 Å². The lowest BCUT2D eigenvalue weighted by atomic mass is 10.0. The van der Waals surface area contributed by atoms with E-state index in [2.05, 4.69) is 10.1 Å². The number of aromatic amines is 1. The Morgan fingerprint density at radius 1 is 0.964 bits per heavy atom. The Hall–Kier alpha value is -3.48. The van der Waals surface area contributed by atoms with Crippen molar-refractivity contribution in [3.05, 3.63) is 87.1 Å². The first-order valence-corrected chi connectivity index (χ1v) is 9.26. The quantitative estimate of drug-likeness (QED) is 0.758. The molecule has 3 aromatic rings. The van der Waals surface area contributed by atoms with Crippen molar-refractivity contribution in [3.8, 4) is 11.3 Å². The number of carbonyl (C=O) groups is 1. The Kier molecular flexibility index (Phi) is 4.89.